The predicted molar refractivity (Wildman–Crippen MR) is 33.3 cm³/mol. The fourth-order valence-corrected chi connectivity index (χ4v) is 0.959. The van der Waals surface area contributed by atoms with E-state index in [2.05, 4.69) is 4.99 Å². The molecular formula is C4H6N2S. The van der Waals surface area contributed by atoms with Gasteiger partial charge in [0.2, 0.25) is 0 Å². The Morgan fingerprint density at radius 2 is 2.71 bits per heavy atom. The number of rotatable bonds is 0. The second kappa shape index (κ2) is 2.12. The normalized spacial score (nSPS) is 20.3. The van der Waals surface area contributed by atoms with Gasteiger partial charge in [0.25, 0.3) is 0 Å². The van der Waals surface area contributed by atoms with Crippen LogP contribution in [0.5, 0.6) is 0 Å². The van der Waals surface area contributed by atoms with Crippen molar-refractivity contribution < 1.29 is 0 Å². The van der Waals surface area contributed by atoms with Crippen LogP contribution in [0.25, 0.3) is 0 Å². The van der Waals surface area contributed by atoms with Crippen molar-refractivity contribution in [2.75, 3.05) is 5.75 Å². The maximum atomic E-state index is 6.95. The third-order valence-electron chi connectivity index (χ3n) is 0.694. The first-order valence-electron chi connectivity index (χ1n) is 2.13. The second-order valence-electron chi connectivity index (χ2n) is 1.25. The van der Waals surface area contributed by atoms with E-state index in [1.165, 1.54) is 11.8 Å². The van der Waals surface area contributed by atoms with E-state index in [0.29, 0.717) is 5.17 Å². The maximum Gasteiger partial charge on any atom is 0.179 e. The molecule has 1 aliphatic rings. The SMILES string of the molecule is N=C1N=CCCS1. The molecule has 1 rings (SSSR count). The summed E-state index contributed by atoms with van der Waals surface area (Å²) in [7, 11) is 0. The minimum atomic E-state index is 0.450. The van der Waals surface area contributed by atoms with Crippen molar-refractivity contribution in [3.63, 3.8) is 0 Å². The van der Waals surface area contributed by atoms with E-state index in [0.717, 1.165) is 12.2 Å². The van der Waals surface area contributed by atoms with Crippen LogP contribution in [0.4, 0.5) is 0 Å². The molecule has 3 heteroatoms. The Morgan fingerprint density at radius 3 is 3.00 bits per heavy atom. The highest BCUT2D eigenvalue weighted by Gasteiger charge is 1.96. The standard InChI is InChI=1S/C4H6N2S/c5-4-6-2-1-3-7-4/h2,5H,1,3H2. The predicted octanol–water partition coefficient (Wildman–Crippen LogP) is 1.13. The molecule has 2 nitrogen and oxygen atoms in total. The van der Waals surface area contributed by atoms with E-state index in [-0.39, 0.29) is 0 Å². The summed E-state index contributed by atoms with van der Waals surface area (Å²) in [4.78, 5) is 3.75. The molecule has 38 valence electrons. The van der Waals surface area contributed by atoms with Crippen LogP contribution in [-0.2, 0) is 0 Å². The highest BCUT2D eigenvalue weighted by molar-refractivity contribution is 8.13. The maximum absolute atomic E-state index is 6.95. The van der Waals surface area contributed by atoms with Gasteiger partial charge >= 0.3 is 0 Å². The van der Waals surface area contributed by atoms with E-state index in [1.54, 1.807) is 6.21 Å². The molecule has 1 aliphatic heterocycles. The van der Waals surface area contributed by atoms with Gasteiger partial charge in [-0.25, -0.2) is 4.99 Å². The molecular weight excluding hydrogens is 108 g/mol. The molecule has 0 aromatic carbocycles. The lowest BCUT2D eigenvalue weighted by molar-refractivity contribution is 1.33. The minimum Gasteiger partial charge on any atom is -0.277 e. The highest BCUT2D eigenvalue weighted by atomic mass is 32.2. The molecule has 0 aliphatic carbocycles. The van der Waals surface area contributed by atoms with Gasteiger partial charge in [-0.1, -0.05) is 11.8 Å². The molecule has 0 spiro atoms. The van der Waals surface area contributed by atoms with Crippen molar-refractivity contribution in [1.29, 1.82) is 5.41 Å². The van der Waals surface area contributed by atoms with Crippen LogP contribution in [0.3, 0.4) is 0 Å². The number of amidine groups is 1. The number of nitrogens with one attached hydrogen (secondary N) is 1. The minimum absolute atomic E-state index is 0.450. The first-order valence-corrected chi connectivity index (χ1v) is 3.12. The summed E-state index contributed by atoms with van der Waals surface area (Å²) in [5.74, 6) is 1.03. The molecule has 0 radical (unpaired) electrons. The van der Waals surface area contributed by atoms with Gasteiger partial charge in [-0.05, 0) is 6.42 Å². The molecule has 0 saturated carbocycles. The average molecular weight is 114 g/mol. The zero-order chi connectivity index (χ0) is 5.11. The molecule has 0 aromatic heterocycles. The zero-order valence-electron chi connectivity index (χ0n) is 3.85. The molecule has 0 fully saturated rings. The van der Waals surface area contributed by atoms with Crippen LogP contribution >= 0.6 is 11.8 Å². The monoisotopic (exact) mass is 114 g/mol. The lowest BCUT2D eigenvalue weighted by Gasteiger charge is -1.99. The second-order valence-corrected chi connectivity index (χ2v) is 2.34. The fourth-order valence-electron chi connectivity index (χ4n) is 0.393. The van der Waals surface area contributed by atoms with Gasteiger partial charge in [0.1, 0.15) is 0 Å². The number of thioether (sulfide) groups is 1. The Bertz CT molecular complexity index is 108. The van der Waals surface area contributed by atoms with E-state index in [9.17, 15) is 0 Å². The summed E-state index contributed by atoms with van der Waals surface area (Å²) in [6.07, 6.45) is 2.81. The molecule has 7 heavy (non-hydrogen) atoms. The lowest BCUT2D eigenvalue weighted by atomic mass is 10.5. The molecule has 0 amide bonds. The third kappa shape index (κ3) is 1.31. The average Bonchev–Trinajstić information content (AvgIpc) is 1.69. The summed E-state index contributed by atoms with van der Waals surface area (Å²) in [5.41, 5.74) is 0. The van der Waals surface area contributed by atoms with Crippen molar-refractivity contribution >= 4 is 23.1 Å². The Hall–Kier alpha value is -0.310. The molecule has 1 heterocycles. The Labute approximate surface area is 46.5 Å². The van der Waals surface area contributed by atoms with Crippen LogP contribution < -0.4 is 0 Å². The number of aliphatic imine (C=N–C) groups is 1. The first kappa shape index (κ1) is 4.84. The number of hydrogen-bond donors (Lipinski definition) is 1. The molecule has 0 aromatic rings. The van der Waals surface area contributed by atoms with Crippen LogP contribution in [0.15, 0.2) is 4.99 Å². The topological polar surface area (TPSA) is 36.2 Å². The number of hydrogen-bond acceptors (Lipinski definition) is 2. The van der Waals surface area contributed by atoms with Gasteiger partial charge in [0.05, 0.1) is 0 Å². The van der Waals surface area contributed by atoms with Crippen molar-refractivity contribution in [1.82, 2.24) is 0 Å². The quantitative estimate of drug-likeness (QED) is 0.503. The molecule has 0 bridgehead atoms. The van der Waals surface area contributed by atoms with Gasteiger partial charge in [0, 0.05) is 12.0 Å². The Morgan fingerprint density at radius 1 is 1.86 bits per heavy atom. The summed E-state index contributed by atoms with van der Waals surface area (Å²) in [6.45, 7) is 0. The third-order valence-corrected chi connectivity index (χ3v) is 1.51. The van der Waals surface area contributed by atoms with E-state index in [1.807, 2.05) is 0 Å². The van der Waals surface area contributed by atoms with Gasteiger partial charge in [0.15, 0.2) is 5.17 Å². The van der Waals surface area contributed by atoms with Gasteiger partial charge in [-0.15, -0.1) is 0 Å². The smallest absolute Gasteiger partial charge is 0.179 e. The van der Waals surface area contributed by atoms with Gasteiger partial charge < -0.3 is 0 Å². The van der Waals surface area contributed by atoms with E-state index >= 15 is 0 Å². The molecule has 0 saturated heterocycles. The summed E-state index contributed by atoms with van der Waals surface area (Å²) >= 11 is 1.50. The van der Waals surface area contributed by atoms with Crippen LogP contribution in [0.1, 0.15) is 6.42 Å². The Kier molecular flexibility index (Phi) is 1.46. The Balaban J connectivity index is 2.51. The lowest BCUT2D eigenvalue weighted by Crippen LogP contribution is -1.95. The molecule has 0 atom stereocenters. The van der Waals surface area contributed by atoms with Crippen LogP contribution in [0, 0.1) is 5.41 Å². The van der Waals surface area contributed by atoms with Crippen molar-refractivity contribution in [3.05, 3.63) is 0 Å². The highest BCUT2D eigenvalue weighted by Crippen LogP contribution is 2.07. The van der Waals surface area contributed by atoms with E-state index < -0.39 is 0 Å². The van der Waals surface area contributed by atoms with Gasteiger partial charge in [-0.2, -0.15) is 0 Å². The largest absolute Gasteiger partial charge is 0.277 e. The van der Waals surface area contributed by atoms with Crippen LogP contribution in [-0.4, -0.2) is 17.1 Å². The molecule has 1 N–H and O–H groups in total. The summed E-state index contributed by atoms with van der Waals surface area (Å²) < 4.78 is 0. The summed E-state index contributed by atoms with van der Waals surface area (Å²) in [6, 6.07) is 0. The zero-order valence-corrected chi connectivity index (χ0v) is 4.66. The van der Waals surface area contributed by atoms with Crippen molar-refractivity contribution in [3.8, 4) is 0 Å². The fraction of sp³-hybridized carbons (Fsp3) is 0.500. The summed E-state index contributed by atoms with van der Waals surface area (Å²) in [5, 5.41) is 7.40. The number of nitrogens with zero attached hydrogens (tertiary/aromatic N) is 1. The van der Waals surface area contributed by atoms with Crippen molar-refractivity contribution in [2.24, 2.45) is 4.99 Å². The van der Waals surface area contributed by atoms with E-state index in [4.69, 9.17) is 5.41 Å². The van der Waals surface area contributed by atoms with Gasteiger partial charge in [-0.3, -0.25) is 5.41 Å². The van der Waals surface area contributed by atoms with Crippen LogP contribution in [0.2, 0.25) is 0 Å². The first-order chi connectivity index (χ1) is 3.39. The molecule has 0 unspecified atom stereocenters. The van der Waals surface area contributed by atoms with Crippen molar-refractivity contribution in [2.45, 2.75) is 6.42 Å².